The Balaban J connectivity index is 1.63. The van der Waals surface area contributed by atoms with Crippen LogP contribution in [0.2, 0.25) is 0 Å². The molecule has 1 aromatic heterocycles. The van der Waals surface area contributed by atoms with Gasteiger partial charge in [-0.1, -0.05) is 24.2 Å². The van der Waals surface area contributed by atoms with E-state index in [1.807, 2.05) is 6.92 Å². The quantitative estimate of drug-likeness (QED) is 0.883. The fourth-order valence-corrected chi connectivity index (χ4v) is 4.06. The number of aryl methyl sites for hydroxylation is 1. The smallest absolute Gasteiger partial charge is 0.205 e. The van der Waals surface area contributed by atoms with Crippen LogP contribution in [0.5, 0.6) is 0 Å². The van der Waals surface area contributed by atoms with Crippen LogP contribution in [0.15, 0.2) is 0 Å². The Morgan fingerprint density at radius 2 is 2.11 bits per heavy atom. The molecule has 0 amide bonds. The second-order valence-corrected chi connectivity index (χ2v) is 6.71. The summed E-state index contributed by atoms with van der Waals surface area (Å²) in [4.78, 5) is 0. The van der Waals surface area contributed by atoms with E-state index in [0.717, 1.165) is 16.1 Å². The van der Waals surface area contributed by atoms with E-state index in [1.54, 1.807) is 11.3 Å². The SMILES string of the molecule is Cc1nnc(NC2CCCC2C2CCCCN2)s1. The fourth-order valence-electron chi connectivity index (χ4n) is 3.41. The largest absolute Gasteiger partial charge is 0.357 e. The number of hydrogen-bond donors (Lipinski definition) is 2. The molecule has 1 saturated carbocycles. The van der Waals surface area contributed by atoms with Gasteiger partial charge < -0.3 is 10.6 Å². The number of aromatic nitrogens is 2. The van der Waals surface area contributed by atoms with Gasteiger partial charge in [0.15, 0.2) is 0 Å². The van der Waals surface area contributed by atoms with Crippen LogP contribution in [0.25, 0.3) is 0 Å². The molecular weight excluding hydrogens is 244 g/mol. The predicted molar refractivity (Wildman–Crippen MR) is 75.0 cm³/mol. The first kappa shape index (κ1) is 12.4. The standard InChI is InChI=1S/C13H22N4S/c1-9-16-17-13(18-9)15-12-7-4-5-10(12)11-6-2-3-8-14-11/h10-12,14H,2-8H2,1H3,(H,15,17). The molecule has 3 rings (SSSR count). The number of nitrogens with one attached hydrogen (secondary N) is 2. The van der Waals surface area contributed by atoms with Crippen LogP contribution in [0.1, 0.15) is 43.5 Å². The third kappa shape index (κ3) is 2.67. The maximum atomic E-state index is 4.20. The molecule has 2 fully saturated rings. The summed E-state index contributed by atoms with van der Waals surface area (Å²) < 4.78 is 0. The monoisotopic (exact) mass is 266 g/mol. The van der Waals surface area contributed by atoms with Crippen LogP contribution in [0.4, 0.5) is 5.13 Å². The van der Waals surface area contributed by atoms with Gasteiger partial charge in [-0.2, -0.15) is 0 Å². The van der Waals surface area contributed by atoms with Gasteiger partial charge in [0.2, 0.25) is 5.13 Å². The molecule has 5 heteroatoms. The van der Waals surface area contributed by atoms with Crippen molar-refractivity contribution in [1.29, 1.82) is 0 Å². The van der Waals surface area contributed by atoms with Crippen molar-refractivity contribution < 1.29 is 0 Å². The summed E-state index contributed by atoms with van der Waals surface area (Å²) in [5, 5.41) is 17.7. The van der Waals surface area contributed by atoms with Gasteiger partial charge in [0.1, 0.15) is 5.01 Å². The molecule has 0 radical (unpaired) electrons. The lowest BCUT2D eigenvalue weighted by Crippen LogP contribution is -2.44. The first-order chi connectivity index (χ1) is 8.83. The lowest BCUT2D eigenvalue weighted by molar-refractivity contribution is 0.286. The van der Waals surface area contributed by atoms with Crippen LogP contribution in [0.3, 0.4) is 0 Å². The molecule has 100 valence electrons. The molecule has 2 N–H and O–H groups in total. The van der Waals surface area contributed by atoms with E-state index in [1.165, 1.54) is 45.1 Å². The third-order valence-corrected chi connectivity index (χ3v) is 5.04. The highest BCUT2D eigenvalue weighted by atomic mass is 32.1. The van der Waals surface area contributed by atoms with Gasteiger partial charge in [-0.25, -0.2) is 0 Å². The fraction of sp³-hybridized carbons (Fsp3) is 0.846. The van der Waals surface area contributed by atoms with E-state index in [0.29, 0.717) is 12.1 Å². The first-order valence-corrected chi connectivity index (χ1v) is 7.94. The minimum atomic E-state index is 0.591. The number of hydrogen-bond acceptors (Lipinski definition) is 5. The maximum absolute atomic E-state index is 4.20. The Hall–Kier alpha value is -0.680. The molecule has 3 unspecified atom stereocenters. The molecule has 3 atom stereocenters. The highest BCUT2D eigenvalue weighted by molar-refractivity contribution is 7.15. The molecule has 18 heavy (non-hydrogen) atoms. The van der Waals surface area contributed by atoms with Crippen molar-refractivity contribution >= 4 is 16.5 Å². The van der Waals surface area contributed by atoms with Gasteiger partial charge >= 0.3 is 0 Å². The molecule has 1 aliphatic heterocycles. The minimum Gasteiger partial charge on any atom is -0.357 e. The third-order valence-electron chi connectivity index (χ3n) is 4.27. The lowest BCUT2D eigenvalue weighted by Gasteiger charge is -2.32. The van der Waals surface area contributed by atoms with Crippen molar-refractivity contribution in [3.05, 3.63) is 5.01 Å². The number of anilines is 1. The van der Waals surface area contributed by atoms with Crippen molar-refractivity contribution in [3.63, 3.8) is 0 Å². The molecule has 1 aliphatic carbocycles. The summed E-state index contributed by atoms with van der Waals surface area (Å²) in [5.41, 5.74) is 0. The zero-order chi connectivity index (χ0) is 12.4. The van der Waals surface area contributed by atoms with Crippen LogP contribution in [-0.2, 0) is 0 Å². The molecule has 2 heterocycles. The van der Waals surface area contributed by atoms with Crippen molar-refractivity contribution in [3.8, 4) is 0 Å². The van der Waals surface area contributed by atoms with Gasteiger partial charge in [-0.05, 0) is 45.1 Å². The van der Waals surface area contributed by atoms with Gasteiger partial charge in [0.25, 0.3) is 0 Å². The summed E-state index contributed by atoms with van der Waals surface area (Å²) >= 11 is 1.67. The number of piperidine rings is 1. The summed E-state index contributed by atoms with van der Waals surface area (Å²) in [7, 11) is 0. The summed E-state index contributed by atoms with van der Waals surface area (Å²) in [6.45, 7) is 3.21. The molecule has 0 spiro atoms. The zero-order valence-corrected chi connectivity index (χ0v) is 11.8. The van der Waals surface area contributed by atoms with Crippen LogP contribution in [-0.4, -0.2) is 28.8 Å². The molecule has 2 aliphatic rings. The van der Waals surface area contributed by atoms with E-state index in [2.05, 4.69) is 20.8 Å². The van der Waals surface area contributed by atoms with Crippen LogP contribution < -0.4 is 10.6 Å². The van der Waals surface area contributed by atoms with Gasteiger partial charge in [-0.15, -0.1) is 10.2 Å². The molecular formula is C13H22N4S. The van der Waals surface area contributed by atoms with Gasteiger partial charge in [0, 0.05) is 12.1 Å². The van der Waals surface area contributed by atoms with E-state index < -0.39 is 0 Å². The second-order valence-electron chi connectivity index (χ2n) is 5.53. The molecule has 0 bridgehead atoms. The Kier molecular flexibility index (Phi) is 3.80. The van der Waals surface area contributed by atoms with E-state index in [9.17, 15) is 0 Å². The van der Waals surface area contributed by atoms with Crippen molar-refractivity contribution in [1.82, 2.24) is 15.5 Å². The second kappa shape index (κ2) is 5.53. The molecule has 1 saturated heterocycles. The van der Waals surface area contributed by atoms with Crippen molar-refractivity contribution in [2.75, 3.05) is 11.9 Å². The Morgan fingerprint density at radius 3 is 2.83 bits per heavy atom. The molecule has 0 aromatic carbocycles. The van der Waals surface area contributed by atoms with E-state index in [4.69, 9.17) is 0 Å². The zero-order valence-electron chi connectivity index (χ0n) is 11.0. The minimum absolute atomic E-state index is 0.591. The maximum Gasteiger partial charge on any atom is 0.205 e. The topological polar surface area (TPSA) is 49.8 Å². The Morgan fingerprint density at radius 1 is 1.17 bits per heavy atom. The van der Waals surface area contributed by atoms with Crippen LogP contribution in [0, 0.1) is 12.8 Å². The summed E-state index contributed by atoms with van der Waals surface area (Å²) in [6, 6.07) is 1.31. The molecule has 4 nitrogen and oxygen atoms in total. The Labute approximate surface area is 113 Å². The van der Waals surface area contributed by atoms with Crippen molar-refractivity contribution in [2.24, 2.45) is 5.92 Å². The average Bonchev–Trinajstić information content (AvgIpc) is 3.00. The molecule has 1 aromatic rings. The average molecular weight is 266 g/mol. The highest BCUT2D eigenvalue weighted by Gasteiger charge is 2.34. The van der Waals surface area contributed by atoms with Gasteiger partial charge in [-0.3, -0.25) is 0 Å². The van der Waals surface area contributed by atoms with E-state index >= 15 is 0 Å². The highest BCUT2D eigenvalue weighted by Crippen LogP contribution is 2.34. The summed E-state index contributed by atoms with van der Waals surface area (Å²) in [6.07, 6.45) is 8.06. The number of nitrogens with zero attached hydrogens (tertiary/aromatic N) is 2. The van der Waals surface area contributed by atoms with E-state index in [-0.39, 0.29) is 0 Å². The Bertz CT molecular complexity index is 386. The lowest BCUT2D eigenvalue weighted by atomic mass is 9.88. The predicted octanol–water partition coefficient (Wildman–Crippen LogP) is 2.57. The normalized spacial score (nSPS) is 32.6. The summed E-state index contributed by atoms with van der Waals surface area (Å²) in [5.74, 6) is 0.773. The van der Waals surface area contributed by atoms with Crippen LogP contribution >= 0.6 is 11.3 Å². The number of rotatable bonds is 3. The first-order valence-electron chi connectivity index (χ1n) is 7.13. The van der Waals surface area contributed by atoms with Crippen molar-refractivity contribution in [2.45, 2.75) is 57.5 Å². The van der Waals surface area contributed by atoms with Gasteiger partial charge in [0.05, 0.1) is 0 Å².